The van der Waals surface area contributed by atoms with E-state index in [0.717, 1.165) is 25.9 Å². The summed E-state index contributed by atoms with van der Waals surface area (Å²) >= 11 is 12.1. The molecule has 1 aliphatic heterocycles. The van der Waals surface area contributed by atoms with Crippen molar-refractivity contribution in [2.24, 2.45) is 5.41 Å². The molecular formula is C14H21Cl3N2O2S. The molecule has 126 valence electrons. The Bertz CT molecular complexity index is 582. The van der Waals surface area contributed by atoms with Crippen LogP contribution in [0.3, 0.4) is 0 Å². The maximum atomic E-state index is 12.2. The van der Waals surface area contributed by atoms with Crippen molar-refractivity contribution in [1.82, 2.24) is 10.0 Å². The van der Waals surface area contributed by atoms with E-state index >= 15 is 0 Å². The van der Waals surface area contributed by atoms with Gasteiger partial charge in [-0.15, -0.1) is 12.4 Å². The minimum Gasteiger partial charge on any atom is -0.317 e. The Morgan fingerprint density at radius 2 is 1.77 bits per heavy atom. The average molecular weight is 388 g/mol. The van der Waals surface area contributed by atoms with Crippen molar-refractivity contribution in [1.29, 1.82) is 0 Å². The predicted molar refractivity (Wildman–Crippen MR) is 94.5 cm³/mol. The highest BCUT2D eigenvalue weighted by atomic mass is 35.5. The summed E-state index contributed by atoms with van der Waals surface area (Å²) in [6.07, 6.45) is 1.92. The largest absolute Gasteiger partial charge is 0.317 e. The zero-order valence-corrected chi connectivity index (χ0v) is 15.5. The summed E-state index contributed by atoms with van der Waals surface area (Å²) in [5, 5.41) is 4.03. The molecule has 0 spiro atoms. The molecule has 1 aliphatic rings. The first-order chi connectivity index (χ1) is 9.81. The van der Waals surface area contributed by atoms with E-state index in [4.69, 9.17) is 23.2 Å². The summed E-state index contributed by atoms with van der Waals surface area (Å²) < 4.78 is 27.2. The number of rotatable bonds is 5. The molecule has 0 atom stereocenters. The minimum absolute atomic E-state index is 0. The number of halogens is 3. The van der Waals surface area contributed by atoms with Crippen LogP contribution >= 0.6 is 35.6 Å². The van der Waals surface area contributed by atoms with Gasteiger partial charge >= 0.3 is 0 Å². The second kappa shape index (κ2) is 8.18. The van der Waals surface area contributed by atoms with E-state index in [2.05, 4.69) is 17.0 Å². The first kappa shape index (κ1) is 20.0. The molecule has 0 saturated carbocycles. The van der Waals surface area contributed by atoms with Gasteiger partial charge in [0.05, 0.1) is 5.75 Å². The van der Waals surface area contributed by atoms with E-state index in [1.165, 1.54) is 0 Å². The van der Waals surface area contributed by atoms with Gasteiger partial charge < -0.3 is 5.32 Å². The van der Waals surface area contributed by atoms with Gasteiger partial charge in [0.15, 0.2) is 0 Å². The fourth-order valence-electron chi connectivity index (χ4n) is 2.40. The Balaban J connectivity index is 0.00000242. The van der Waals surface area contributed by atoms with Crippen molar-refractivity contribution in [2.75, 3.05) is 19.6 Å². The Kier molecular flexibility index (Phi) is 7.43. The predicted octanol–water partition coefficient (Wildman–Crippen LogP) is 3.22. The summed E-state index contributed by atoms with van der Waals surface area (Å²) in [6, 6.07) is 4.99. The average Bonchev–Trinajstić information content (AvgIpc) is 2.42. The van der Waals surface area contributed by atoms with Crippen LogP contribution < -0.4 is 10.0 Å². The molecule has 2 N–H and O–H groups in total. The van der Waals surface area contributed by atoms with Crippen LogP contribution in [0.15, 0.2) is 18.2 Å². The Hall–Kier alpha value is -0.0400. The van der Waals surface area contributed by atoms with Gasteiger partial charge in [-0.1, -0.05) is 36.2 Å². The second-order valence-electron chi connectivity index (χ2n) is 5.84. The molecule has 0 bridgehead atoms. The molecule has 0 unspecified atom stereocenters. The van der Waals surface area contributed by atoms with Crippen LogP contribution in [-0.2, 0) is 15.8 Å². The van der Waals surface area contributed by atoms with Gasteiger partial charge in [-0.25, -0.2) is 13.1 Å². The molecule has 0 radical (unpaired) electrons. The van der Waals surface area contributed by atoms with Crippen LogP contribution in [-0.4, -0.2) is 28.1 Å². The summed E-state index contributed by atoms with van der Waals surface area (Å²) in [4.78, 5) is 0. The van der Waals surface area contributed by atoms with E-state index in [1.54, 1.807) is 18.2 Å². The lowest BCUT2D eigenvalue weighted by Gasteiger charge is -2.34. The molecule has 0 amide bonds. The van der Waals surface area contributed by atoms with Crippen LogP contribution in [0.1, 0.15) is 25.3 Å². The van der Waals surface area contributed by atoms with Crippen molar-refractivity contribution in [3.05, 3.63) is 33.8 Å². The lowest BCUT2D eigenvalue weighted by Crippen LogP contribution is -2.43. The smallest absolute Gasteiger partial charge is 0.215 e. The Labute approximate surface area is 148 Å². The highest BCUT2D eigenvalue weighted by Gasteiger charge is 2.28. The molecular weight excluding hydrogens is 367 g/mol. The Morgan fingerprint density at radius 3 is 2.32 bits per heavy atom. The van der Waals surface area contributed by atoms with Gasteiger partial charge in [0.2, 0.25) is 10.0 Å². The standard InChI is InChI=1S/C14H20Cl2N2O2S.ClH/c1-14(5-7-17-8-6-14)10-18-21(19,20)9-11-12(15)3-2-4-13(11)16;/h2-4,17-18H,5-10H2,1H3;1H. The van der Waals surface area contributed by atoms with Crippen LogP contribution in [0.25, 0.3) is 0 Å². The maximum Gasteiger partial charge on any atom is 0.215 e. The summed E-state index contributed by atoms with van der Waals surface area (Å²) in [5.41, 5.74) is 0.451. The van der Waals surface area contributed by atoms with Gasteiger partial charge in [-0.2, -0.15) is 0 Å². The first-order valence-corrected chi connectivity index (χ1v) is 9.33. The van der Waals surface area contributed by atoms with Gasteiger partial charge in [0, 0.05) is 22.2 Å². The first-order valence-electron chi connectivity index (χ1n) is 6.92. The SMILES string of the molecule is CC1(CNS(=O)(=O)Cc2c(Cl)cccc2Cl)CCNCC1.Cl. The number of nitrogens with one attached hydrogen (secondary N) is 2. The monoisotopic (exact) mass is 386 g/mol. The minimum atomic E-state index is -3.46. The van der Waals surface area contributed by atoms with Crippen LogP contribution in [0, 0.1) is 5.41 Å². The normalized spacial score (nSPS) is 17.8. The molecule has 22 heavy (non-hydrogen) atoms. The fraction of sp³-hybridized carbons (Fsp3) is 0.571. The molecule has 0 aliphatic carbocycles. The third kappa shape index (κ3) is 5.55. The quantitative estimate of drug-likeness (QED) is 0.815. The second-order valence-corrected chi connectivity index (χ2v) is 8.46. The summed E-state index contributed by atoms with van der Waals surface area (Å²) in [5.74, 6) is -0.195. The number of benzene rings is 1. The lowest BCUT2D eigenvalue weighted by molar-refractivity contribution is 0.232. The van der Waals surface area contributed by atoms with Crippen molar-refractivity contribution in [2.45, 2.75) is 25.5 Å². The maximum absolute atomic E-state index is 12.2. The topological polar surface area (TPSA) is 58.2 Å². The van der Waals surface area contributed by atoms with E-state index in [0.29, 0.717) is 22.2 Å². The molecule has 1 aromatic carbocycles. The van der Waals surface area contributed by atoms with Gasteiger partial charge in [-0.3, -0.25) is 0 Å². The van der Waals surface area contributed by atoms with Crippen LogP contribution in [0.2, 0.25) is 10.0 Å². The molecule has 1 aromatic rings. The Morgan fingerprint density at radius 1 is 1.23 bits per heavy atom. The number of sulfonamides is 1. The van der Waals surface area contributed by atoms with Crippen molar-refractivity contribution < 1.29 is 8.42 Å². The highest BCUT2D eigenvalue weighted by molar-refractivity contribution is 7.88. The molecule has 2 rings (SSSR count). The summed E-state index contributed by atoms with van der Waals surface area (Å²) in [7, 11) is -3.46. The van der Waals surface area contributed by atoms with Crippen LogP contribution in [0.5, 0.6) is 0 Å². The van der Waals surface area contributed by atoms with E-state index in [1.807, 2.05) is 0 Å². The van der Waals surface area contributed by atoms with E-state index < -0.39 is 10.0 Å². The van der Waals surface area contributed by atoms with Crippen molar-refractivity contribution in [3.63, 3.8) is 0 Å². The fourth-order valence-corrected chi connectivity index (χ4v) is 4.45. The van der Waals surface area contributed by atoms with Crippen molar-refractivity contribution >= 4 is 45.6 Å². The highest BCUT2D eigenvalue weighted by Crippen LogP contribution is 2.28. The zero-order valence-electron chi connectivity index (χ0n) is 12.4. The van der Waals surface area contributed by atoms with Gasteiger partial charge in [0.1, 0.15) is 0 Å². The third-order valence-electron chi connectivity index (χ3n) is 3.93. The molecule has 8 heteroatoms. The lowest BCUT2D eigenvalue weighted by atomic mass is 9.81. The van der Waals surface area contributed by atoms with Crippen LogP contribution in [0.4, 0.5) is 0 Å². The number of hydrogen-bond acceptors (Lipinski definition) is 3. The molecule has 4 nitrogen and oxygen atoms in total. The molecule has 1 fully saturated rings. The van der Waals surface area contributed by atoms with Gasteiger partial charge in [0.25, 0.3) is 0 Å². The van der Waals surface area contributed by atoms with Crippen molar-refractivity contribution in [3.8, 4) is 0 Å². The van der Waals surface area contributed by atoms with E-state index in [9.17, 15) is 8.42 Å². The molecule has 0 aromatic heterocycles. The van der Waals surface area contributed by atoms with Gasteiger partial charge in [-0.05, 0) is 43.5 Å². The molecule has 1 heterocycles. The third-order valence-corrected chi connectivity index (χ3v) is 5.89. The molecule has 1 saturated heterocycles. The van der Waals surface area contributed by atoms with E-state index in [-0.39, 0.29) is 23.6 Å². The zero-order chi connectivity index (χ0) is 15.5. The number of piperidine rings is 1. The number of hydrogen-bond donors (Lipinski definition) is 2. The summed E-state index contributed by atoms with van der Waals surface area (Å²) in [6.45, 7) is 4.40.